The Kier molecular flexibility index (Phi) is 7.16. The molecular formula is C23H33NO3S. The summed E-state index contributed by atoms with van der Waals surface area (Å²) in [7, 11) is 0.0458. The minimum absolute atomic E-state index is 0.168. The molecule has 0 amide bonds. The van der Waals surface area contributed by atoms with Gasteiger partial charge in [0.15, 0.2) is 0 Å². The van der Waals surface area contributed by atoms with Crippen molar-refractivity contribution in [1.82, 2.24) is 0 Å². The molecule has 0 aliphatic heterocycles. The summed E-state index contributed by atoms with van der Waals surface area (Å²) in [5, 5.41) is 0. The number of benzene rings is 2. The van der Waals surface area contributed by atoms with Crippen LogP contribution in [-0.2, 0) is 9.84 Å². The molecule has 2 rings (SSSR count). The lowest BCUT2D eigenvalue weighted by Gasteiger charge is -2.22. The molecule has 0 unspecified atom stereocenters. The SMILES string of the molecule is CCCCN(C)c1cc(C)c(S(=O)(=O)c2ccc(OC)c(C(C)C)c2)c(C)c1. The third kappa shape index (κ3) is 4.52. The van der Waals surface area contributed by atoms with Gasteiger partial charge in [-0.3, -0.25) is 0 Å². The number of nitrogens with zero attached hydrogens (tertiary/aromatic N) is 1. The number of unbranched alkanes of at least 4 members (excludes halogenated alkanes) is 1. The first kappa shape index (κ1) is 22.3. The van der Waals surface area contributed by atoms with Crippen molar-refractivity contribution in [3.05, 3.63) is 47.0 Å². The van der Waals surface area contributed by atoms with Crippen molar-refractivity contribution < 1.29 is 13.2 Å². The van der Waals surface area contributed by atoms with Gasteiger partial charge in [0.2, 0.25) is 9.84 Å². The van der Waals surface area contributed by atoms with Gasteiger partial charge in [-0.15, -0.1) is 0 Å². The van der Waals surface area contributed by atoms with E-state index in [1.165, 1.54) is 0 Å². The second-order valence-corrected chi connectivity index (χ2v) is 9.63. The molecule has 154 valence electrons. The van der Waals surface area contributed by atoms with E-state index >= 15 is 0 Å². The molecule has 0 saturated heterocycles. The Morgan fingerprint density at radius 2 is 1.68 bits per heavy atom. The van der Waals surface area contributed by atoms with E-state index in [4.69, 9.17) is 4.74 Å². The Balaban J connectivity index is 2.53. The van der Waals surface area contributed by atoms with E-state index in [1.54, 1.807) is 25.3 Å². The quantitative estimate of drug-likeness (QED) is 0.583. The molecule has 0 fully saturated rings. The highest BCUT2D eigenvalue weighted by Crippen LogP contribution is 2.34. The molecule has 0 N–H and O–H groups in total. The van der Waals surface area contributed by atoms with Crippen LogP contribution in [0, 0.1) is 13.8 Å². The van der Waals surface area contributed by atoms with Gasteiger partial charge in [0.05, 0.1) is 16.9 Å². The summed E-state index contributed by atoms with van der Waals surface area (Å²) in [6.45, 7) is 10.9. The van der Waals surface area contributed by atoms with Crippen LogP contribution in [0.3, 0.4) is 0 Å². The zero-order valence-corrected chi connectivity index (χ0v) is 19.0. The number of aryl methyl sites for hydroxylation is 2. The highest BCUT2D eigenvalue weighted by Gasteiger charge is 2.25. The van der Waals surface area contributed by atoms with Gasteiger partial charge in [0.1, 0.15) is 5.75 Å². The fourth-order valence-corrected chi connectivity index (χ4v) is 5.28. The van der Waals surface area contributed by atoms with Crippen LogP contribution in [0.4, 0.5) is 5.69 Å². The minimum atomic E-state index is -3.61. The summed E-state index contributed by atoms with van der Waals surface area (Å²) in [6.07, 6.45) is 2.24. The van der Waals surface area contributed by atoms with Crippen LogP contribution in [0.15, 0.2) is 40.1 Å². The Bertz CT molecular complexity index is 910. The van der Waals surface area contributed by atoms with Crippen LogP contribution in [0.1, 0.15) is 56.2 Å². The lowest BCUT2D eigenvalue weighted by molar-refractivity contribution is 0.407. The van der Waals surface area contributed by atoms with Crippen molar-refractivity contribution in [2.45, 2.75) is 63.2 Å². The van der Waals surface area contributed by atoms with Crippen LogP contribution < -0.4 is 9.64 Å². The molecule has 0 bridgehead atoms. The smallest absolute Gasteiger partial charge is 0.207 e. The molecule has 5 heteroatoms. The van der Waals surface area contributed by atoms with Gasteiger partial charge in [-0.2, -0.15) is 0 Å². The van der Waals surface area contributed by atoms with Crippen LogP contribution in [0.2, 0.25) is 0 Å². The minimum Gasteiger partial charge on any atom is -0.496 e. The maximum absolute atomic E-state index is 13.4. The molecule has 0 aliphatic rings. The monoisotopic (exact) mass is 403 g/mol. The van der Waals surface area contributed by atoms with Crippen LogP contribution in [0.25, 0.3) is 0 Å². The maximum Gasteiger partial charge on any atom is 0.207 e. The summed E-state index contributed by atoms with van der Waals surface area (Å²) in [4.78, 5) is 2.90. The molecule has 0 aromatic heterocycles. The van der Waals surface area contributed by atoms with Crippen molar-refractivity contribution in [1.29, 1.82) is 0 Å². The number of anilines is 1. The summed E-state index contributed by atoms with van der Waals surface area (Å²) in [5.74, 6) is 0.886. The fraction of sp³-hybridized carbons (Fsp3) is 0.478. The van der Waals surface area contributed by atoms with E-state index in [0.29, 0.717) is 9.79 Å². The number of ether oxygens (including phenoxy) is 1. The normalized spacial score (nSPS) is 11.7. The van der Waals surface area contributed by atoms with Crippen molar-refractivity contribution in [3.8, 4) is 5.75 Å². The average Bonchev–Trinajstić information content (AvgIpc) is 2.64. The molecule has 2 aromatic carbocycles. The van der Waals surface area contributed by atoms with Crippen molar-refractivity contribution in [2.75, 3.05) is 25.6 Å². The molecule has 4 nitrogen and oxygen atoms in total. The van der Waals surface area contributed by atoms with Gasteiger partial charge in [-0.1, -0.05) is 27.2 Å². The summed E-state index contributed by atoms with van der Waals surface area (Å²) in [5.41, 5.74) is 3.51. The molecule has 0 heterocycles. The molecule has 0 aliphatic carbocycles. The second-order valence-electron chi connectivity index (χ2n) is 7.75. The topological polar surface area (TPSA) is 46.6 Å². The van der Waals surface area contributed by atoms with E-state index in [9.17, 15) is 8.42 Å². The Hall–Kier alpha value is -2.01. The molecular weight excluding hydrogens is 370 g/mol. The van der Waals surface area contributed by atoms with Crippen LogP contribution in [-0.4, -0.2) is 29.1 Å². The molecule has 0 radical (unpaired) electrons. The van der Waals surface area contributed by atoms with Crippen molar-refractivity contribution >= 4 is 15.5 Å². The molecule has 0 saturated carbocycles. The third-order valence-electron chi connectivity index (χ3n) is 5.14. The van der Waals surface area contributed by atoms with E-state index in [1.807, 2.05) is 39.8 Å². The second kappa shape index (κ2) is 8.99. The lowest BCUT2D eigenvalue weighted by atomic mass is 10.0. The first-order chi connectivity index (χ1) is 13.1. The number of rotatable bonds is 8. The van der Waals surface area contributed by atoms with Gasteiger partial charge < -0.3 is 9.64 Å². The van der Waals surface area contributed by atoms with E-state index in [-0.39, 0.29) is 5.92 Å². The average molecular weight is 404 g/mol. The van der Waals surface area contributed by atoms with Crippen molar-refractivity contribution in [3.63, 3.8) is 0 Å². The maximum atomic E-state index is 13.4. The first-order valence-electron chi connectivity index (χ1n) is 9.88. The molecule has 28 heavy (non-hydrogen) atoms. The third-order valence-corrected chi connectivity index (χ3v) is 7.19. The highest BCUT2D eigenvalue weighted by molar-refractivity contribution is 7.91. The van der Waals surface area contributed by atoms with Gasteiger partial charge in [-0.25, -0.2) is 8.42 Å². The molecule has 2 aromatic rings. The number of hydrogen-bond donors (Lipinski definition) is 0. The van der Waals surface area contributed by atoms with E-state index < -0.39 is 9.84 Å². The Labute approximate surface area is 170 Å². The zero-order chi connectivity index (χ0) is 21.1. The summed E-state index contributed by atoms with van der Waals surface area (Å²) in [6, 6.07) is 9.09. The Morgan fingerprint density at radius 3 is 2.18 bits per heavy atom. The van der Waals surface area contributed by atoms with Gasteiger partial charge >= 0.3 is 0 Å². The van der Waals surface area contributed by atoms with Crippen LogP contribution >= 0.6 is 0 Å². The number of hydrogen-bond acceptors (Lipinski definition) is 4. The van der Waals surface area contributed by atoms with Crippen molar-refractivity contribution in [2.24, 2.45) is 0 Å². The molecule has 0 spiro atoms. The van der Waals surface area contributed by atoms with Gasteiger partial charge in [0, 0.05) is 19.3 Å². The first-order valence-corrected chi connectivity index (χ1v) is 11.4. The largest absolute Gasteiger partial charge is 0.496 e. The predicted molar refractivity (Wildman–Crippen MR) is 117 cm³/mol. The highest BCUT2D eigenvalue weighted by atomic mass is 32.2. The summed E-state index contributed by atoms with van der Waals surface area (Å²) >= 11 is 0. The van der Waals surface area contributed by atoms with Gasteiger partial charge in [-0.05, 0) is 73.2 Å². The molecule has 0 atom stereocenters. The van der Waals surface area contributed by atoms with Crippen LogP contribution in [0.5, 0.6) is 5.75 Å². The number of methoxy groups -OCH3 is 1. The lowest BCUT2D eigenvalue weighted by Crippen LogP contribution is -2.19. The van der Waals surface area contributed by atoms with E-state index in [0.717, 1.165) is 47.5 Å². The standard InChI is InChI=1S/C23H33NO3S/c1-8-9-12-24(6)19-13-17(4)23(18(5)14-19)28(25,26)20-10-11-22(27-7)21(15-20)16(2)3/h10-11,13-16H,8-9,12H2,1-7H3. The number of sulfone groups is 1. The predicted octanol–water partition coefficient (Wildman–Crippen LogP) is 5.50. The summed E-state index contributed by atoms with van der Waals surface area (Å²) < 4.78 is 32.3. The van der Waals surface area contributed by atoms with E-state index in [2.05, 4.69) is 18.9 Å². The Morgan fingerprint density at radius 1 is 1.07 bits per heavy atom. The fourth-order valence-electron chi connectivity index (χ4n) is 3.54. The van der Waals surface area contributed by atoms with Gasteiger partial charge in [0.25, 0.3) is 0 Å². The zero-order valence-electron chi connectivity index (χ0n) is 18.2.